The van der Waals surface area contributed by atoms with Crippen LogP contribution in [0.4, 0.5) is 5.82 Å². The number of hydrogen-bond donors (Lipinski definition) is 2. The van der Waals surface area contributed by atoms with Crippen LogP contribution in [-0.2, 0) is 6.54 Å². The van der Waals surface area contributed by atoms with Gasteiger partial charge in [0.05, 0.1) is 7.11 Å². The largest absolute Gasteiger partial charge is 0.496 e. The van der Waals surface area contributed by atoms with Gasteiger partial charge in [-0.15, -0.1) is 0 Å². The highest BCUT2D eigenvalue weighted by atomic mass is 16.5. The second-order valence-corrected chi connectivity index (χ2v) is 6.62. The highest BCUT2D eigenvalue weighted by Gasteiger charge is 2.17. The van der Waals surface area contributed by atoms with Gasteiger partial charge in [-0.2, -0.15) is 0 Å². The van der Waals surface area contributed by atoms with E-state index >= 15 is 0 Å². The van der Waals surface area contributed by atoms with Crippen molar-refractivity contribution in [3.8, 4) is 5.75 Å². The summed E-state index contributed by atoms with van der Waals surface area (Å²) in [6.07, 6.45) is 8.41. The number of rotatable bonds is 6. The number of hydrogen-bond acceptors (Lipinski definition) is 5. The van der Waals surface area contributed by atoms with E-state index in [1.165, 1.54) is 32.0 Å². The molecule has 2 N–H and O–H groups in total. The molecular formula is C20H26N4O2. The molecular weight excluding hydrogens is 328 g/mol. The lowest BCUT2D eigenvalue weighted by Crippen LogP contribution is -2.34. The molecule has 1 fully saturated rings. The summed E-state index contributed by atoms with van der Waals surface area (Å²) in [7, 11) is 1.65. The third-order valence-corrected chi connectivity index (χ3v) is 4.74. The Morgan fingerprint density at radius 1 is 1.15 bits per heavy atom. The number of para-hydroxylation sites is 1. The normalized spacial score (nSPS) is 15.1. The molecule has 6 heteroatoms. The van der Waals surface area contributed by atoms with Crippen LogP contribution < -0.4 is 15.4 Å². The predicted molar refractivity (Wildman–Crippen MR) is 101 cm³/mol. The van der Waals surface area contributed by atoms with Crippen LogP contribution >= 0.6 is 0 Å². The highest BCUT2D eigenvalue weighted by molar-refractivity contribution is 5.93. The van der Waals surface area contributed by atoms with E-state index in [4.69, 9.17) is 4.74 Å². The molecule has 1 aliphatic rings. The Morgan fingerprint density at radius 3 is 2.69 bits per heavy atom. The second kappa shape index (κ2) is 9.17. The molecule has 1 heterocycles. The third-order valence-electron chi connectivity index (χ3n) is 4.74. The summed E-state index contributed by atoms with van der Waals surface area (Å²) >= 11 is 0. The third kappa shape index (κ3) is 4.94. The van der Waals surface area contributed by atoms with Crippen LogP contribution in [0.2, 0.25) is 0 Å². The van der Waals surface area contributed by atoms with Crippen LogP contribution in [0.5, 0.6) is 5.75 Å². The summed E-state index contributed by atoms with van der Waals surface area (Å²) in [6.45, 7) is 0.560. The fourth-order valence-corrected chi connectivity index (χ4v) is 3.30. The summed E-state index contributed by atoms with van der Waals surface area (Å²) in [5.41, 5.74) is 1.42. The van der Waals surface area contributed by atoms with Gasteiger partial charge in [-0.3, -0.25) is 4.79 Å². The molecule has 1 aromatic carbocycles. The van der Waals surface area contributed by atoms with E-state index < -0.39 is 0 Å². The van der Waals surface area contributed by atoms with Gasteiger partial charge in [0.25, 0.3) is 5.91 Å². The first-order valence-corrected chi connectivity index (χ1v) is 9.25. The zero-order valence-corrected chi connectivity index (χ0v) is 15.2. The topological polar surface area (TPSA) is 76.1 Å². The summed E-state index contributed by atoms with van der Waals surface area (Å²) < 4.78 is 5.35. The molecule has 0 spiro atoms. The molecule has 2 aromatic rings. The molecule has 1 aromatic heterocycles. The Kier molecular flexibility index (Phi) is 6.41. The Labute approximate surface area is 154 Å². The number of carbonyl (C=O) groups excluding carboxylic acids is 1. The van der Waals surface area contributed by atoms with Crippen LogP contribution in [0.3, 0.4) is 0 Å². The average molecular weight is 354 g/mol. The maximum Gasteiger partial charge on any atom is 0.270 e. The number of nitrogens with zero attached hydrogens (tertiary/aromatic N) is 2. The lowest BCUT2D eigenvalue weighted by Gasteiger charge is -2.16. The van der Waals surface area contributed by atoms with Crippen LogP contribution in [0, 0.1) is 0 Å². The van der Waals surface area contributed by atoms with Gasteiger partial charge in [0.2, 0.25) is 0 Å². The van der Waals surface area contributed by atoms with E-state index in [9.17, 15) is 4.79 Å². The molecule has 1 saturated carbocycles. The molecule has 0 unspecified atom stereocenters. The van der Waals surface area contributed by atoms with Crippen molar-refractivity contribution in [3.05, 3.63) is 47.9 Å². The number of benzene rings is 1. The van der Waals surface area contributed by atoms with Gasteiger partial charge in [-0.25, -0.2) is 9.97 Å². The molecule has 1 amide bonds. The van der Waals surface area contributed by atoms with Crippen molar-refractivity contribution in [2.24, 2.45) is 0 Å². The summed E-state index contributed by atoms with van der Waals surface area (Å²) in [5.74, 6) is 1.32. The predicted octanol–water partition coefficient (Wildman–Crippen LogP) is 3.55. The Bertz CT molecular complexity index is 727. The van der Waals surface area contributed by atoms with Crippen molar-refractivity contribution in [1.82, 2.24) is 15.3 Å². The maximum atomic E-state index is 12.5. The van der Waals surface area contributed by atoms with Gasteiger partial charge >= 0.3 is 0 Å². The van der Waals surface area contributed by atoms with Gasteiger partial charge in [0, 0.05) is 24.2 Å². The van der Waals surface area contributed by atoms with E-state index in [-0.39, 0.29) is 11.9 Å². The lowest BCUT2D eigenvalue weighted by atomic mass is 10.1. The summed E-state index contributed by atoms with van der Waals surface area (Å²) in [5, 5.41) is 6.35. The van der Waals surface area contributed by atoms with E-state index in [2.05, 4.69) is 20.6 Å². The van der Waals surface area contributed by atoms with Crippen LogP contribution in [0.1, 0.15) is 54.6 Å². The Balaban J connectivity index is 1.61. The molecule has 3 rings (SSSR count). The SMILES string of the molecule is COc1ccccc1CNc1cc(C(=O)NC2CCCCCC2)ncn1. The molecule has 6 nitrogen and oxygen atoms in total. The first-order chi connectivity index (χ1) is 12.8. The molecule has 0 atom stereocenters. The number of methoxy groups -OCH3 is 1. The fraction of sp³-hybridized carbons (Fsp3) is 0.450. The van der Waals surface area contributed by atoms with E-state index in [1.54, 1.807) is 13.2 Å². The zero-order chi connectivity index (χ0) is 18.2. The van der Waals surface area contributed by atoms with Crippen LogP contribution in [0.15, 0.2) is 36.7 Å². The number of nitrogens with one attached hydrogen (secondary N) is 2. The van der Waals surface area contributed by atoms with Crippen molar-refractivity contribution >= 4 is 11.7 Å². The Morgan fingerprint density at radius 2 is 1.92 bits per heavy atom. The molecule has 0 radical (unpaired) electrons. The summed E-state index contributed by atoms with van der Waals surface area (Å²) in [4.78, 5) is 20.8. The standard InChI is InChI=1S/C20H26N4O2/c1-26-18-11-7-6-8-15(18)13-21-19-12-17(22-14-23-19)20(25)24-16-9-4-2-3-5-10-16/h6-8,11-12,14,16H,2-5,9-10,13H2,1H3,(H,24,25)(H,21,22,23). The van der Waals surface area contributed by atoms with Crippen molar-refractivity contribution in [3.63, 3.8) is 0 Å². The number of carbonyl (C=O) groups is 1. The van der Waals surface area contributed by atoms with Gasteiger partial charge in [0.15, 0.2) is 0 Å². The second-order valence-electron chi connectivity index (χ2n) is 6.62. The average Bonchev–Trinajstić information content (AvgIpc) is 2.95. The first-order valence-electron chi connectivity index (χ1n) is 9.25. The molecule has 26 heavy (non-hydrogen) atoms. The minimum atomic E-state index is -0.125. The molecule has 0 aliphatic heterocycles. The van der Waals surface area contributed by atoms with Crippen molar-refractivity contribution in [2.75, 3.05) is 12.4 Å². The van der Waals surface area contributed by atoms with Crippen LogP contribution in [-0.4, -0.2) is 29.0 Å². The zero-order valence-electron chi connectivity index (χ0n) is 15.2. The first kappa shape index (κ1) is 18.2. The molecule has 138 valence electrons. The monoisotopic (exact) mass is 354 g/mol. The van der Waals surface area contributed by atoms with E-state index in [1.807, 2.05) is 24.3 Å². The van der Waals surface area contributed by atoms with Gasteiger partial charge in [-0.05, 0) is 18.9 Å². The quantitative estimate of drug-likeness (QED) is 0.776. The Hall–Kier alpha value is -2.63. The maximum absolute atomic E-state index is 12.5. The fourth-order valence-electron chi connectivity index (χ4n) is 3.30. The summed E-state index contributed by atoms with van der Waals surface area (Å²) in [6, 6.07) is 9.76. The minimum Gasteiger partial charge on any atom is -0.496 e. The molecule has 0 saturated heterocycles. The van der Waals surface area contributed by atoms with Crippen molar-refractivity contribution in [1.29, 1.82) is 0 Å². The number of amides is 1. The highest BCUT2D eigenvalue weighted by Crippen LogP contribution is 2.19. The van der Waals surface area contributed by atoms with Crippen LogP contribution in [0.25, 0.3) is 0 Å². The number of anilines is 1. The molecule has 0 bridgehead atoms. The van der Waals surface area contributed by atoms with E-state index in [0.29, 0.717) is 18.1 Å². The lowest BCUT2D eigenvalue weighted by molar-refractivity contribution is 0.0928. The molecule has 1 aliphatic carbocycles. The van der Waals surface area contributed by atoms with Gasteiger partial charge < -0.3 is 15.4 Å². The number of aromatic nitrogens is 2. The smallest absolute Gasteiger partial charge is 0.270 e. The van der Waals surface area contributed by atoms with Gasteiger partial charge in [0.1, 0.15) is 23.6 Å². The van der Waals surface area contributed by atoms with Crippen molar-refractivity contribution < 1.29 is 9.53 Å². The van der Waals surface area contributed by atoms with Crippen molar-refractivity contribution in [2.45, 2.75) is 51.1 Å². The minimum absolute atomic E-state index is 0.125. The van der Waals surface area contributed by atoms with E-state index in [0.717, 1.165) is 24.2 Å². The van der Waals surface area contributed by atoms with Gasteiger partial charge in [-0.1, -0.05) is 43.9 Å². The number of ether oxygens (including phenoxy) is 1.